The number of hydrogen-bond acceptors (Lipinski definition) is 1. The van der Waals surface area contributed by atoms with Crippen molar-refractivity contribution in [3.05, 3.63) is 35.4 Å². The van der Waals surface area contributed by atoms with Crippen LogP contribution in [0, 0.1) is 17.0 Å². The van der Waals surface area contributed by atoms with Crippen LogP contribution in [0.1, 0.15) is 65.0 Å². The molecular weight excluding hydrogens is 256 g/mol. The van der Waals surface area contributed by atoms with Crippen molar-refractivity contribution in [1.29, 1.82) is 0 Å². The van der Waals surface area contributed by atoms with Gasteiger partial charge in [-0.3, -0.25) is 0 Å². The highest BCUT2D eigenvalue weighted by molar-refractivity contribution is 5.22. The van der Waals surface area contributed by atoms with Crippen molar-refractivity contribution >= 4 is 0 Å². The highest BCUT2D eigenvalue weighted by Gasteiger charge is 2.20. The molecule has 3 heteroatoms. The van der Waals surface area contributed by atoms with E-state index < -0.39 is 11.6 Å². The van der Waals surface area contributed by atoms with Gasteiger partial charge in [-0.25, -0.2) is 8.78 Å². The van der Waals surface area contributed by atoms with E-state index in [1.54, 1.807) is 12.1 Å². The monoisotopic (exact) mass is 283 g/mol. The van der Waals surface area contributed by atoms with Crippen LogP contribution < -0.4 is 5.32 Å². The van der Waals surface area contributed by atoms with Crippen molar-refractivity contribution in [2.24, 2.45) is 5.41 Å². The zero-order chi connectivity index (χ0) is 15.2. The average molecular weight is 283 g/mol. The van der Waals surface area contributed by atoms with Crippen LogP contribution in [0.3, 0.4) is 0 Å². The number of unbranched alkanes of at least 4 members (excludes halogenated alkanes) is 2. The Hall–Kier alpha value is -0.960. The summed E-state index contributed by atoms with van der Waals surface area (Å²) in [6.45, 7) is 9.29. The first-order chi connectivity index (χ1) is 9.37. The molecule has 0 bridgehead atoms. The van der Waals surface area contributed by atoms with Gasteiger partial charge in [0.1, 0.15) is 0 Å². The fraction of sp³-hybridized carbons (Fsp3) is 0.647. The Morgan fingerprint density at radius 2 is 1.90 bits per heavy atom. The Morgan fingerprint density at radius 3 is 2.55 bits per heavy atom. The molecule has 0 radical (unpaired) electrons. The largest absolute Gasteiger partial charge is 0.310 e. The molecule has 1 aromatic rings. The number of hydrogen-bond donors (Lipinski definition) is 1. The van der Waals surface area contributed by atoms with E-state index in [-0.39, 0.29) is 11.5 Å². The van der Waals surface area contributed by atoms with Gasteiger partial charge in [0.25, 0.3) is 0 Å². The van der Waals surface area contributed by atoms with Crippen molar-refractivity contribution in [1.82, 2.24) is 5.32 Å². The first kappa shape index (κ1) is 17.1. The zero-order valence-corrected chi connectivity index (χ0v) is 13.1. The quantitative estimate of drug-likeness (QED) is 0.645. The summed E-state index contributed by atoms with van der Waals surface area (Å²) in [6.07, 6.45) is 4.83. The molecule has 1 aromatic carbocycles. The second-order valence-electron chi connectivity index (χ2n) is 6.37. The fourth-order valence-electron chi connectivity index (χ4n) is 2.34. The van der Waals surface area contributed by atoms with E-state index in [0.717, 1.165) is 19.0 Å². The Labute approximate surface area is 121 Å². The Bertz CT molecular complexity index is 415. The van der Waals surface area contributed by atoms with Gasteiger partial charge in [0, 0.05) is 18.2 Å². The van der Waals surface area contributed by atoms with Crippen LogP contribution in [0.15, 0.2) is 18.2 Å². The van der Waals surface area contributed by atoms with Crippen LogP contribution >= 0.6 is 0 Å². The van der Waals surface area contributed by atoms with Crippen molar-refractivity contribution in [2.45, 2.75) is 59.4 Å². The minimum atomic E-state index is -0.779. The Kier molecular flexibility index (Phi) is 6.60. The van der Waals surface area contributed by atoms with Crippen LogP contribution in [0.5, 0.6) is 0 Å². The molecule has 0 aliphatic carbocycles. The van der Waals surface area contributed by atoms with Gasteiger partial charge in [0.15, 0.2) is 11.6 Å². The summed E-state index contributed by atoms with van der Waals surface area (Å²) in [5, 5.41) is 3.33. The maximum absolute atomic E-state index is 13.7. The van der Waals surface area contributed by atoms with E-state index in [0.29, 0.717) is 5.56 Å². The molecule has 0 fully saturated rings. The molecule has 0 spiro atoms. The lowest BCUT2D eigenvalue weighted by Gasteiger charge is -2.27. The Morgan fingerprint density at radius 1 is 1.20 bits per heavy atom. The molecule has 1 rings (SSSR count). The molecule has 0 saturated carbocycles. The van der Waals surface area contributed by atoms with Gasteiger partial charge in [-0.1, -0.05) is 52.2 Å². The first-order valence-electron chi connectivity index (χ1n) is 7.54. The van der Waals surface area contributed by atoms with Gasteiger partial charge >= 0.3 is 0 Å². The molecule has 0 aliphatic heterocycles. The normalized spacial score (nSPS) is 13.5. The fourth-order valence-corrected chi connectivity index (χ4v) is 2.34. The van der Waals surface area contributed by atoms with Crippen molar-refractivity contribution in [3.8, 4) is 0 Å². The molecule has 0 aliphatic rings. The number of rotatable bonds is 8. The molecule has 1 N–H and O–H groups in total. The number of halogens is 2. The van der Waals surface area contributed by atoms with Gasteiger partial charge in [0.05, 0.1) is 0 Å². The summed E-state index contributed by atoms with van der Waals surface area (Å²) in [4.78, 5) is 0. The molecule has 114 valence electrons. The van der Waals surface area contributed by atoms with E-state index >= 15 is 0 Å². The molecular formula is C17H27F2N. The third-order valence-electron chi connectivity index (χ3n) is 3.79. The van der Waals surface area contributed by atoms with E-state index in [4.69, 9.17) is 0 Å². The van der Waals surface area contributed by atoms with Gasteiger partial charge in [-0.15, -0.1) is 0 Å². The van der Waals surface area contributed by atoms with Crippen LogP contribution in [0.25, 0.3) is 0 Å². The van der Waals surface area contributed by atoms with E-state index in [1.165, 1.54) is 19.3 Å². The molecule has 0 saturated heterocycles. The van der Waals surface area contributed by atoms with Crippen LogP contribution in [0.4, 0.5) is 8.78 Å². The van der Waals surface area contributed by atoms with Crippen LogP contribution in [-0.2, 0) is 0 Å². The maximum atomic E-state index is 13.7. The lowest BCUT2D eigenvalue weighted by molar-refractivity contribution is 0.289. The van der Waals surface area contributed by atoms with Gasteiger partial charge in [-0.2, -0.15) is 0 Å². The molecule has 0 aromatic heterocycles. The van der Waals surface area contributed by atoms with E-state index in [9.17, 15) is 8.78 Å². The topological polar surface area (TPSA) is 12.0 Å². The lowest BCUT2D eigenvalue weighted by Crippen LogP contribution is -2.31. The second kappa shape index (κ2) is 7.72. The molecule has 1 unspecified atom stereocenters. The van der Waals surface area contributed by atoms with E-state index in [2.05, 4.69) is 26.1 Å². The smallest absolute Gasteiger partial charge is 0.163 e. The maximum Gasteiger partial charge on any atom is 0.163 e. The summed E-state index contributed by atoms with van der Waals surface area (Å²) in [5.41, 5.74) is 0.571. The summed E-state index contributed by atoms with van der Waals surface area (Å²) in [6, 6.07) is 4.16. The predicted molar refractivity (Wildman–Crippen MR) is 80.7 cm³/mol. The SMILES string of the molecule is CCCCCC(C)(C)CNC(C)c1cccc(F)c1F. The molecule has 0 amide bonds. The Balaban J connectivity index is 2.54. The van der Waals surface area contributed by atoms with Gasteiger partial charge in [0.2, 0.25) is 0 Å². The lowest BCUT2D eigenvalue weighted by atomic mass is 9.86. The third kappa shape index (κ3) is 5.20. The minimum Gasteiger partial charge on any atom is -0.310 e. The summed E-state index contributed by atoms with van der Waals surface area (Å²) >= 11 is 0. The highest BCUT2D eigenvalue weighted by Crippen LogP contribution is 2.25. The summed E-state index contributed by atoms with van der Waals surface area (Å²) < 4.78 is 26.9. The standard InChI is InChI=1S/C17H27F2N/c1-5-6-7-11-17(3,4)12-20-13(2)14-9-8-10-15(18)16(14)19/h8-10,13,20H,5-7,11-12H2,1-4H3. The third-order valence-corrected chi connectivity index (χ3v) is 3.79. The second-order valence-corrected chi connectivity index (χ2v) is 6.37. The van der Waals surface area contributed by atoms with Crippen LogP contribution in [-0.4, -0.2) is 6.54 Å². The zero-order valence-electron chi connectivity index (χ0n) is 13.1. The summed E-state index contributed by atoms with van der Waals surface area (Å²) in [5.74, 6) is -1.52. The highest BCUT2D eigenvalue weighted by atomic mass is 19.2. The van der Waals surface area contributed by atoms with Gasteiger partial charge < -0.3 is 5.32 Å². The van der Waals surface area contributed by atoms with E-state index in [1.807, 2.05) is 6.92 Å². The molecule has 20 heavy (non-hydrogen) atoms. The minimum absolute atomic E-state index is 0.174. The van der Waals surface area contributed by atoms with Crippen molar-refractivity contribution < 1.29 is 8.78 Å². The van der Waals surface area contributed by atoms with Crippen LogP contribution in [0.2, 0.25) is 0 Å². The number of nitrogens with one attached hydrogen (secondary N) is 1. The van der Waals surface area contributed by atoms with Gasteiger partial charge in [-0.05, 0) is 24.8 Å². The summed E-state index contributed by atoms with van der Waals surface area (Å²) in [7, 11) is 0. The number of benzene rings is 1. The first-order valence-corrected chi connectivity index (χ1v) is 7.54. The van der Waals surface area contributed by atoms with Crippen molar-refractivity contribution in [3.63, 3.8) is 0 Å². The van der Waals surface area contributed by atoms with Crippen molar-refractivity contribution in [2.75, 3.05) is 6.54 Å². The molecule has 1 atom stereocenters. The predicted octanol–water partition coefficient (Wildman–Crippen LogP) is 5.22. The molecule has 1 nitrogen and oxygen atoms in total. The average Bonchev–Trinajstić information content (AvgIpc) is 2.39. The molecule has 0 heterocycles.